The van der Waals surface area contributed by atoms with Crippen LogP contribution in [-0.2, 0) is 11.0 Å². The number of rotatable bonds is 4. The molecule has 0 spiro atoms. The van der Waals surface area contributed by atoms with Crippen LogP contribution in [-0.4, -0.2) is 43.5 Å². The van der Waals surface area contributed by atoms with Crippen LogP contribution in [0.1, 0.15) is 18.1 Å². The number of fused-ring (bicyclic) bond motifs is 1. The maximum atomic E-state index is 14.2. The molecule has 1 saturated heterocycles. The summed E-state index contributed by atoms with van der Waals surface area (Å²) < 4.78 is 55.5. The Bertz CT molecular complexity index is 1030. The number of anilines is 3. The third-order valence-electron chi connectivity index (χ3n) is 5.62. The molecule has 0 bridgehead atoms. The van der Waals surface area contributed by atoms with E-state index in [-0.39, 0.29) is 22.5 Å². The number of carbonyl (C=O) groups is 1. The van der Waals surface area contributed by atoms with E-state index in [0.717, 1.165) is 12.6 Å². The van der Waals surface area contributed by atoms with Crippen molar-refractivity contribution < 1.29 is 22.4 Å². The highest BCUT2D eigenvalue weighted by atomic mass is 19.4. The zero-order valence-corrected chi connectivity index (χ0v) is 16.9. The van der Waals surface area contributed by atoms with Crippen LogP contribution in [0.5, 0.6) is 0 Å². The van der Waals surface area contributed by atoms with E-state index >= 15 is 0 Å². The first kappa shape index (κ1) is 21.2. The van der Waals surface area contributed by atoms with Gasteiger partial charge in [-0.15, -0.1) is 0 Å². The first-order valence-electron chi connectivity index (χ1n) is 10.0. The molecule has 1 amide bonds. The Morgan fingerprint density at radius 2 is 1.87 bits per heavy atom. The van der Waals surface area contributed by atoms with Gasteiger partial charge in [0.15, 0.2) is 0 Å². The van der Waals surface area contributed by atoms with E-state index in [1.54, 1.807) is 11.0 Å². The molecular weight excluding hydrogens is 412 g/mol. The first-order chi connectivity index (χ1) is 14.8. The molecular formula is C22H22F4N4O. The Kier molecular flexibility index (Phi) is 5.62. The predicted molar refractivity (Wildman–Crippen MR) is 112 cm³/mol. The quantitative estimate of drug-likeness (QED) is 0.554. The molecule has 0 radical (unpaired) electrons. The summed E-state index contributed by atoms with van der Waals surface area (Å²) in [4.78, 5) is 16.1. The van der Waals surface area contributed by atoms with Crippen molar-refractivity contribution >= 4 is 28.5 Å². The van der Waals surface area contributed by atoms with Gasteiger partial charge in [0.1, 0.15) is 5.82 Å². The maximum Gasteiger partial charge on any atom is 0.418 e. The van der Waals surface area contributed by atoms with E-state index < -0.39 is 23.5 Å². The number of benzene rings is 2. The van der Waals surface area contributed by atoms with Crippen molar-refractivity contribution in [2.75, 3.05) is 48.3 Å². The molecule has 0 aromatic heterocycles. The van der Waals surface area contributed by atoms with Gasteiger partial charge < -0.3 is 20.4 Å². The Labute approximate surface area is 177 Å². The number of hydrogen-bond acceptors (Lipinski definition) is 4. The molecule has 2 heterocycles. The van der Waals surface area contributed by atoms with Crippen molar-refractivity contribution in [2.45, 2.75) is 13.1 Å². The molecule has 2 aromatic carbocycles. The normalized spacial score (nSPS) is 18.3. The van der Waals surface area contributed by atoms with Crippen LogP contribution >= 0.6 is 0 Å². The number of alkyl halides is 3. The Morgan fingerprint density at radius 1 is 1.13 bits per heavy atom. The minimum atomic E-state index is -4.54. The van der Waals surface area contributed by atoms with Gasteiger partial charge in [0.05, 0.1) is 16.8 Å². The summed E-state index contributed by atoms with van der Waals surface area (Å²) in [6.07, 6.45) is -3.30. The molecule has 0 aliphatic carbocycles. The van der Waals surface area contributed by atoms with Crippen molar-refractivity contribution in [3.8, 4) is 0 Å². The fraction of sp³-hybridized carbons (Fsp3) is 0.318. The Hall–Kier alpha value is -3.07. The van der Waals surface area contributed by atoms with Crippen molar-refractivity contribution in [3.05, 3.63) is 59.5 Å². The summed E-state index contributed by atoms with van der Waals surface area (Å²) >= 11 is 0. The lowest BCUT2D eigenvalue weighted by atomic mass is 10.1. The number of amides is 1. The number of nitrogens with zero attached hydrogens (tertiary/aromatic N) is 2. The van der Waals surface area contributed by atoms with Gasteiger partial charge in [0.25, 0.3) is 5.91 Å². The Balaban J connectivity index is 1.61. The molecule has 2 aromatic rings. The molecule has 0 atom stereocenters. The minimum absolute atomic E-state index is 0.0291. The van der Waals surface area contributed by atoms with E-state index in [2.05, 4.69) is 15.5 Å². The lowest BCUT2D eigenvalue weighted by molar-refractivity contribution is -0.137. The molecule has 9 heteroatoms. The number of hydrogen-bond donors (Lipinski definition) is 2. The summed E-state index contributed by atoms with van der Waals surface area (Å²) in [6.45, 7) is 5.35. The van der Waals surface area contributed by atoms with E-state index in [1.807, 2.05) is 6.92 Å². The smallest absolute Gasteiger partial charge is 0.368 e. The average Bonchev–Trinajstić information content (AvgIpc) is 3.08. The summed E-state index contributed by atoms with van der Waals surface area (Å²) in [5.41, 5.74) is 0.00611. The van der Waals surface area contributed by atoms with Gasteiger partial charge in [0, 0.05) is 49.3 Å². The van der Waals surface area contributed by atoms with Gasteiger partial charge in [-0.2, -0.15) is 13.2 Å². The highest BCUT2D eigenvalue weighted by Gasteiger charge is 2.36. The number of nitrogens with one attached hydrogen (secondary N) is 2. The summed E-state index contributed by atoms with van der Waals surface area (Å²) in [5.74, 6) is -1.10. The van der Waals surface area contributed by atoms with Crippen LogP contribution in [0.4, 0.5) is 34.6 Å². The SMILES string of the molecule is CCN1CCN(c2ccc(N/C=C3/C(=O)Nc4cccc(F)c43)cc2C(F)(F)F)CC1. The topological polar surface area (TPSA) is 47.6 Å². The van der Waals surface area contributed by atoms with Crippen LogP contribution < -0.4 is 15.5 Å². The fourth-order valence-electron chi connectivity index (χ4n) is 3.93. The van der Waals surface area contributed by atoms with Crippen molar-refractivity contribution in [3.63, 3.8) is 0 Å². The van der Waals surface area contributed by atoms with Gasteiger partial charge >= 0.3 is 6.18 Å². The maximum absolute atomic E-state index is 14.2. The van der Waals surface area contributed by atoms with Crippen molar-refractivity contribution in [1.82, 2.24) is 4.90 Å². The highest BCUT2D eigenvalue weighted by molar-refractivity contribution is 6.31. The minimum Gasteiger partial charge on any atom is -0.368 e. The van der Waals surface area contributed by atoms with E-state index in [9.17, 15) is 22.4 Å². The molecule has 0 saturated carbocycles. The molecule has 31 heavy (non-hydrogen) atoms. The number of carbonyl (C=O) groups excluding carboxylic acids is 1. The van der Waals surface area contributed by atoms with Gasteiger partial charge in [-0.3, -0.25) is 4.79 Å². The van der Waals surface area contributed by atoms with Crippen molar-refractivity contribution in [1.29, 1.82) is 0 Å². The molecule has 2 N–H and O–H groups in total. The van der Waals surface area contributed by atoms with Crippen LogP contribution in [0.15, 0.2) is 42.6 Å². The van der Waals surface area contributed by atoms with Gasteiger partial charge in [-0.1, -0.05) is 13.0 Å². The van der Waals surface area contributed by atoms with Gasteiger partial charge in [0.2, 0.25) is 0 Å². The molecule has 1 fully saturated rings. The molecule has 2 aliphatic heterocycles. The predicted octanol–water partition coefficient (Wildman–Crippen LogP) is 4.39. The number of piperazine rings is 1. The van der Waals surface area contributed by atoms with E-state index in [0.29, 0.717) is 31.9 Å². The summed E-state index contributed by atoms with van der Waals surface area (Å²) in [6, 6.07) is 8.25. The third-order valence-corrected chi connectivity index (χ3v) is 5.62. The first-order valence-corrected chi connectivity index (χ1v) is 10.0. The molecule has 164 valence electrons. The van der Waals surface area contributed by atoms with E-state index in [4.69, 9.17) is 0 Å². The van der Waals surface area contributed by atoms with Gasteiger partial charge in [-0.25, -0.2) is 4.39 Å². The average molecular weight is 434 g/mol. The van der Waals surface area contributed by atoms with Crippen LogP contribution in [0.3, 0.4) is 0 Å². The van der Waals surface area contributed by atoms with Crippen LogP contribution in [0.25, 0.3) is 5.57 Å². The molecule has 0 unspecified atom stereocenters. The lowest BCUT2D eigenvalue weighted by Crippen LogP contribution is -2.46. The van der Waals surface area contributed by atoms with Crippen molar-refractivity contribution in [2.24, 2.45) is 0 Å². The zero-order chi connectivity index (χ0) is 22.2. The largest absolute Gasteiger partial charge is 0.418 e. The summed E-state index contributed by atoms with van der Waals surface area (Å²) in [7, 11) is 0. The van der Waals surface area contributed by atoms with Crippen LogP contribution in [0, 0.1) is 5.82 Å². The second kappa shape index (κ2) is 8.22. The second-order valence-electron chi connectivity index (χ2n) is 7.47. The Morgan fingerprint density at radius 3 is 2.55 bits per heavy atom. The monoisotopic (exact) mass is 434 g/mol. The zero-order valence-electron chi connectivity index (χ0n) is 16.9. The lowest BCUT2D eigenvalue weighted by Gasteiger charge is -2.36. The van der Waals surface area contributed by atoms with Gasteiger partial charge in [-0.05, 0) is 36.9 Å². The highest BCUT2D eigenvalue weighted by Crippen LogP contribution is 2.39. The second-order valence-corrected chi connectivity index (χ2v) is 7.47. The number of likely N-dealkylation sites (N-methyl/N-ethyl adjacent to an activating group) is 1. The molecule has 4 rings (SSSR count). The van der Waals surface area contributed by atoms with Crippen LogP contribution in [0.2, 0.25) is 0 Å². The fourth-order valence-corrected chi connectivity index (χ4v) is 3.93. The summed E-state index contributed by atoms with van der Waals surface area (Å²) in [5, 5.41) is 5.27. The standard InChI is InChI=1S/C22H22F4N4O/c1-2-29-8-10-30(11-9-29)19-7-6-14(12-16(19)22(24,25)26)27-13-15-20-17(23)4-3-5-18(20)28-21(15)31/h3-7,12-13,27H,2,8-11H2,1H3,(H,28,31)/b15-13+. The number of halogens is 4. The van der Waals surface area contributed by atoms with E-state index in [1.165, 1.54) is 30.5 Å². The molecule has 2 aliphatic rings. The molecule has 5 nitrogen and oxygen atoms in total. The third kappa shape index (κ3) is 4.23.